The predicted octanol–water partition coefficient (Wildman–Crippen LogP) is -0.0968. The second-order valence-electron chi connectivity index (χ2n) is 2.73. The average Bonchev–Trinajstić information content (AvgIpc) is 2.38. The molecule has 68 valence electrons. The van der Waals surface area contributed by atoms with Crippen molar-refractivity contribution in [1.29, 1.82) is 0 Å². The summed E-state index contributed by atoms with van der Waals surface area (Å²) in [6.45, 7) is 3.56. The van der Waals surface area contributed by atoms with Gasteiger partial charge in [-0.15, -0.1) is 0 Å². The highest BCUT2D eigenvalue weighted by atomic mass is 16.3. The molecule has 0 saturated carbocycles. The number of hydrogen-bond acceptors (Lipinski definition) is 3. The molecular weight excluding hydrogens is 154 g/mol. The molecule has 0 unspecified atom stereocenters. The van der Waals surface area contributed by atoms with Crippen LogP contribution < -0.4 is 5.32 Å². The number of nitrogens with one attached hydrogen (secondary N) is 1. The molecule has 1 aromatic rings. The van der Waals surface area contributed by atoms with Crippen LogP contribution in [0.4, 0.5) is 0 Å². The Morgan fingerprint density at radius 2 is 2.42 bits per heavy atom. The van der Waals surface area contributed by atoms with Crippen LogP contribution in [0.2, 0.25) is 0 Å². The van der Waals surface area contributed by atoms with Crippen molar-refractivity contribution in [2.45, 2.75) is 20.0 Å². The van der Waals surface area contributed by atoms with Crippen LogP contribution in [-0.4, -0.2) is 28.5 Å². The minimum atomic E-state index is 0.140. The summed E-state index contributed by atoms with van der Waals surface area (Å²) in [5.41, 5.74) is 2.31. The first-order valence-corrected chi connectivity index (χ1v) is 4.06. The van der Waals surface area contributed by atoms with Crippen LogP contribution in [0.25, 0.3) is 0 Å². The maximum Gasteiger partial charge on any atom is 0.0643 e. The van der Waals surface area contributed by atoms with E-state index in [1.165, 1.54) is 5.56 Å². The van der Waals surface area contributed by atoms with Crippen molar-refractivity contribution in [3.8, 4) is 0 Å². The van der Waals surface area contributed by atoms with Crippen molar-refractivity contribution in [3.05, 3.63) is 17.5 Å². The molecule has 0 aromatic carbocycles. The Hall–Kier alpha value is -0.870. The van der Waals surface area contributed by atoms with Gasteiger partial charge in [-0.3, -0.25) is 4.68 Å². The normalized spacial score (nSPS) is 10.6. The van der Waals surface area contributed by atoms with Crippen LogP contribution >= 0.6 is 0 Å². The third-order valence-corrected chi connectivity index (χ3v) is 1.88. The van der Waals surface area contributed by atoms with Gasteiger partial charge in [0.25, 0.3) is 0 Å². The SMILES string of the molecule is CNCc1cnn(CCO)c1C. The molecule has 0 radical (unpaired) electrons. The molecule has 0 aliphatic carbocycles. The summed E-state index contributed by atoms with van der Waals surface area (Å²) in [5.74, 6) is 0. The Morgan fingerprint density at radius 3 is 3.00 bits per heavy atom. The van der Waals surface area contributed by atoms with Gasteiger partial charge in [0.1, 0.15) is 0 Å². The van der Waals surface area contributed by atoms with E-state index in [1.54, 1.807) is 0 Å². The van der Waals surface area contributed by atoms with E-state index in [-0.39, 0.29) is 6.61 Å². The molecule has 0 atom stereocenters. The second kappa shape index (κ2) is 4.23. The summed E-state index contributed by atoms with van der Waals surface area (Å²) in [7, 11) is 1.91. The number of aliphatic hydroxyl groups is 1. The van der Waals surface area contributed by atoms with E-state index in [0.717, 1.165) is 12.2 Å². The molecule has 0 spiro atoms. The summed E-state index contributed by atoms with van der Waals surface area (Å²) in [6, 6.07) is 0. The third kappa shape index (κ3) is 1.84. The van der Waals surface area contributed by atoms with Crippen molar-refractivity contribution in [1.82, 2.24) is 15.1 Å². The lowest BCUT2D eigenvalue weighted by atomic mass is 10.2. The van der Waals surface area contributed by atoms with E-state index in [9.17, 15) is 0 Å². The summed E-state index contributed by atoms with van der Waals surface area (Å²) in [5, 5.41) is 15.9. The number of rotatable bonds is 4. The number of nitrogens with zero attached hydrogens (tertiary/aromatic N) is 2. The first-order chi connectivity index (χ1) is 5.79. The summed E-state index contributed by atoms with van der Waals surface area (Å²) >= 11 is 0. The molecule has 12 heavy (non-hydrogen) atoms. The van der Waals surface area contributed by atoms with Crippen LogP contribution in [0.5, 0.6) is 0 Å². The molecule has 4 nitrogen and oxygen atoms in total. The first kappa shape index (κ1) is 9.22. The zero-order chi connectivity index (χ0) is 8.97. The summed E-state index contributed by atoms with van der Waals surface area (Å²) in [6.07, 6.45) is 1.83. The fourth-order valence-corrected chi connectivity index (χ4v) is 1.17. The van der Waals surface area contributed by atoms with Crippen molar-refractivity contribution >= 4 is 0 Å². The Morgan fingerprint density at radius 1 is 1.67 bits per heavy atom. The molecule has 1 rings (SSSR count). The van der Waals surface area contributed by atoms with Crippen LogP contribution in [0.3, 0.4) is 0 Å². The Bertz CT molecular complexity index is 221. The fourth-order valence-electron chi connectivity index (χ4n) is 1.17. The van der Waals surface area contributed by atoms with Gasteiger partial charge in [0.15, 0.2) is 0 Å². The molecule has 1 heterocycles. The van der Waals surface area contributed by atoms with E-state index in [0.29, 0.717) is 6.54 Å². The molecule has 0 amide bonds. The van der Waals surface area contributed by atoms with Gasteiger partial charge in [0.05, 0.1) is 19.3 Å². The lowest BCUT2D eigenvalue weighted by Gasteiger charge is -2.02. The van der Waals surface area contributed by atoms with Crippen molar-refractivity contribution in [2.24, 2.45) is 0 Å². The highest BCUT2D eigenvalue weighted by molar-refractivity contribution is 5.15. The lowest BCUT2D eigenvalue weighted by Crippen LogP contribution is -2.08. The molecule has 0 aliphatic heterocycles. The molecular formula is C8H15N3O. The van der Waals surface area contributed by atoms with Gasteiger partial charge in [-0.2, -0.15) is 5.10 Å². The minimum Gasteiger partial charge on any atom is -0.394 e. The van der Waals surface area contributed by atoms with Crippen LogP contribution in [0, 0.1) is 6.92 Å². The number of hydrogen-bond donors (Lipinski definition) is 2. The lowest BCUT2D eigenvalue weighted by molar-refractivity contribution is 0.268. The van der Waals surface area contributed by atoms with E-state index in [1.807, 2.05) is 24.9 Å². The maximum atomic E-state index is 8.71. The van der Waals surface area contributed by atoms with Crippen LogP contribution in [0.15, 0.2) is 6.20 Å². The molecule has 1 aromatic heterocycles. The monoisotopic (exact) mass is 169 g/mol. The average molecular weight is 169 g/mol. The third-order valence-electron chi connectivity index (χ3n) is 1.88. The van der Waals surface area contributed by atoms with E-state index in [4.69, 9.17) is 5.11 Å². The molecule has 0 saturated heterocycles. The Kier molecular flexibility index (Phi) is 3.25. The summed E-state index contributed by atoms with van der Waals surface area (Å²) < 4.78 is 1.81. The van der Waals surface area contributed by atoms with Gasteiger partial charge in [-0.25, -0.2) is 0 Å². The highest BCUT2D eigenvalue weighted by Gasteiger charge is 2.03. The standard InChI is InChI=1S/C8H15N3O/c1-7-8(5-9-2)6-10-11(7)3-4-12/h6,9,12H,3-5H2,1-2H3. The molecule has 4 heteroatoms. The van der Waals surface area contributed by atoms with E-state index in [2.05, 4.69) is 10.4 Å². The van der Waals surface area contributed by atoms with E-state index >= 15 is 0 Å². The first-order valence-electron chi connectivity index (χ1n) is 4.06. The maximum absolute atomic E-state index is 8.71. The number of aromatic nitrogens is 2. The quantitative estimate of drug-likeness (QED) is 0.662. The molecule has 0 bridgehead atoms. The topological polar surface area (TPSA) is 50.1 Å². The second-order valence-corrected chi connectivity index (χ2v) is 2.73. The minimum absolute atomic E-state index is 0.140. The van der Waals surface area contributed by atoms with Gasteiger partial charge in [0, 0.05) is 17.8 Å². The van der Waals surface area contributed by atoms with Crippen molar-refractivity contribution in [2.75, 3.05) is 13.7 Å². The smallest absolute Gasteiger partial charge is 0.0643 e. The number of aliphatic hydroxyl groups excluding tert-OH is 1. The van der Waals surface area contributed by atoms with Gasteiger partial charge in [0.2, 0.25) is 0 Å². The fraction of sp³-hybridized carbons (Fsp3) is 0.625. The predicted molar refractivity (Wildman–Crippen MR) is 46.8 cm³/mol. The van der Waals surface area contributed by atoms with Crippen LogP contribution in [0.1, 0.15) is 11.3 Å². The van der Waals surface area contributed by atoms with Gasteiger partial charge >= 0.3 is 0 Å². The zero-order valence-electron chi connectivity index (χ0n) is 7.54. The van der Waals surface area contributed by atoms with Crippen molar-refractivity contribution in [3.63, 3.8) is 0 Å². The van der Waals surface area contributed by atoms with Gasteiger partial charge in [-0.1, -0.05) is 0 Å². The zero-order valence-corrected chi connectivity index (χ0v) is 7.54. The van der Waals surface area contributed by atoms with Gasteiger partial charge < -0.3 is 10.4 Å². The van der Waals surface area contributed by atoms with Gasteiger partial charge in [-0.05, 0) is 14.0 Å². The molecule has 0 aliphatic rings. The van der Waals surface area contributed by atoms with E-state index < -0.39 is 0 Å². The van der Waals surface area contributed by atoms with Crippen LogP contribution in [-0.2, 0) is 13.1 Å². The molecule has 0 fully saturated rings. The summed E-state index contributed by atoms with van der Waals surface area (Å²) in [4.78, 5) is 0. The molecule has 2 N–H and O–H groups in total. The highest BCUT2D eigenvalue weighted by Crippen LogP contribution is 2.05. The van der Waals surface area contributed by atoms with Crippen molar-refractivity contribution < 1.29 is 5.11 Å². The largest absolute Gasteiger partial charge is 0.394 e. The Balaban J connectivity index is 2.74. The Labute approximate surface area is 72.2 Å².